The Bertz CT molecular complexity index is 364. The van der Waals surface area contributed by atoms with Gasteiger partial charge in [-0.1, -0.05) is 25.3 Å². The first-order chi connectivity index (χ1) is 7.86. The molecular weight excluding hydrogens is 198 g/mol. The van der Waals surface area contributed by atoms with E-state index in [0.29, 0.717) is 0 Å². The van der Waals surface area contributed by atoms with Gasteiger partial charge in [-0.05, 0) is 12.8 Å². The van der Waals surface area contributed by atoms with E-state index in [4.69, 9.17) is 0 Å². The van der Waals surface area contributed by atoms with Crippen LogP contribution in [0.2, 0.25) is 0 Å². The lowest BCUT2D eigenvalue weighted by atomic mass is 9.86. The van der Waals surface area contributed by atoms with Gasteiger partial charge in [0.1, 0.15) is 0 Å². The van der Waals surface area contributed by atoms with Crippen molar-refractivity contribution in [2.45, 2.75) is 32.1 Å². The van der Waals surface area contributed by atoms with E-state index in [1.165, 1.54) is 19.3 Å². The monoisotopic (exact) mass is 216 g/mol. The third-order valence-electron chi connectivity index (χ3n) is 3.16. The van der Waals surface area contributed by atoms with E-state index in [9.17, 15) is 4.79 Å². The molecule has 1 heterocycles. The summed E-state index contributed by atoms with van der Waals surface area (Å²) in [5.74, 6) is 0.561. The van der Waals surface area contributed by atoms with E-state index in [1.54, 1.807) is 6.08 Å². The summed E-state index contributed by atoms with van der Waals surface area (Å²) < 4.78 is 1.90. The van der Waals surface area contributed by atoms with Gasteiger partial charge < -0.3 is 0 Å². The Morgan fingerprint density at radius 3 is 2.44 bits per heavy atom. The van der Waals surface area contributed by atoms with Gasteiger partial charge in [-0.15, -0.1) is 0 Å². The zero-order chi connectivity index (χ0) is 11.2. The van der Waals surface area contributed by atoms with E-state index in [0.717, 1.165) is 12.8 Å². The highest BCUT2D eigenvalue weighted by Gasteiger charge is 2.19. The molecule has 0 unspecified atom stereocenters. The molecule has 1 aliphatic carbocycles. The third-order valence-corrected chi connectivity index (χ3v) is 3.16. The van der Waals surface area contributed by atoms with Crippen LogP contribution in [-0.2, 0) is 4.79 Å². The van der Waals surface area contributed by atoms with E-state index in [2.05, 4.69) is 0 Å². The highest BCUT2D eigenvalue weighted by atomic mass is 16.1. The number of pyridine rings is 1. The summed E-state index contributed by atoms with van der Waals surface area (Å²) in [5.41, 5.74) is 0. The molecule has 2 nitrogen and oxygen atoms in total. The molecule has 0 aromatic carbocycles. The summed E-state index contributed by atoms with van der Waals surface area (Å²) in [6, 6.07) is 5.87. The number of rotatable bonds is 3. The summed E-state index contributed by atoms with van der Waals surface area (Å²) >= 11 is 0. The van der Waals surface area contributed by atoms with Gasteiger partial charge in [0.25, 0.3) is 0 Å². The Morgan fingerprint density at radius 2 is 1.75 bits per heavy atom. The fourth-order valence-electron chi connectivity index (χ4n) is 2.19. The fraction of sp³-hybridized carbons (Fsp3) is 0.429. The zero-order valence-corrected chi connectivity index (χ0v) is 9.51. The summed E-state index contributed by atoms with van der Waals surface area (Å²) in [5, 5.41) is 0. The van der Waals surface area contributed by atoms with Crippen LogP contribution in [0.5, 0.6) is 0 Å². The summed E-state index contributed by atoms with van der Waals surface area (Å²) in [7, 11) is 0. The van der Waals surface area contributed by atoms with Crippen molar-refractivity contribution >= 4 is 12.0 Å². The van der Waals surface area contributed by atoms with Crippen molar-refractivity contribution in [1.82, 2.24) is 0 Å². The van der Waals surface area contributed by atoms with E-state index in [1.807, 2.05) is 41.4 Å². The predicted molar refractivity (Wildman–Crippen MR) is 63.5 cm³/mol. The molecule has 84 valence electrons. The Balaban J connectivity index is 1.93. The second kappa shape index (κ2) is 5.59. The molecular formula is C14H18NO+. The van der Waals surface area contributed by atoms with Crippen LogP contribution < -0.4 is 4.57 Å². The minimum absolute atomic E-state index is 0.273. The lowest BCUT2D eigenvalue weighted by molar-refractivity contribution is -0.568. The third kappa shape index (κ3) is 3.02. The highest BCUT2D eigenvalue weighted by molar-refractivity contribution is 5.93. The molecule has 1 saturated carbocycles. The van der Waals surface area contributed by atoms with Crippen LogP contribution in [0.15, 0.2) is 36.7 Å². The Labute approximate surface area is 96.6 Å². The van der Waals surface area contributed by atoms with Crippen molar-refractivity contribution < 1.29 is 9.36 Å². The van der Waals surface area contributed by atoms with Gasteiger partial charge in [-0.25, -0.2) is 0 Å². The Hall–Kier alpha value is -1.44. The molecule has 0 saturated heterocycles. The van der Waals surface area contributed by atoms with Crippen LogP contribution in [-0.4, -0.2) is 5.78 Å². The number of allylic oxidation sites excluding steroid dienone is 1. The minimum Gasteiger partial charge on any atom is -0.294 e. The van der Waals surface area contributed by atoms with Gasteiger partial charge in [-0.3, -0.25) is 4.79 Å². The van der Waals surface area contributed by atoms with Gasteiger partial charge in [0.15, 0.2) is 24.4 Å². The molecule has 0 N–H and O–H groups in total. The maximum absolute atomic E-state index is 11.9. The first-order valence-corrected chi connectivity index (χ1v) is 6.04. The zero-order valence-electron chi connectivity index (χ0n) is 9.51. The number of carbonyl (C=O) groups is 1. The predicted octanol–water partition coefficient (Wildman–Crippen LogP) is 2.59. The molecule has 1 aliphatic rings. The molecule has 0 radical (unpaired) electrons. The average molecular weight is 216 g/mol. The topological polar surface area (TPSA) is 20.9 Å². The molecule has 0 amide bonds. The van der Waals surface area contributed by atoms with Crippen LogP contribution in [0.4, 0.5) is 0 Å². The van der Waals surface area contributed by atoms with E-state index in [-0.39, 0.29) is 11.7 Å². The summed E-state index contributed by atoms with van der Waals surface area (Å²) in [4.78, 5) is 11.9. The highest BCUT2D eigenvalue weighted by Crippen LogP contribution is 2.24. The quantitative estimate of drug-likeness (QED) is 0.562. The normalized spacial score (nSPS) is 17.8. The molecule has 1 aromatic rings. The first-order valence-electron chi connectivity index (χ1n) is 6.04. The smallest absolute Gasteiger partial charge is 0.178 e. The molecule has 1 fully saturated rings. The number of aromatic nitrogens is 1. The van der Waals surface area contributed by atoms with Crippen molar-refractivity contribution in [3.63, 3.8) is 0 Å². The number of hydrogen-bond acceptors (Lipinski definition) is 1. The summed E-state index contributed by atoms with van der Waals surface area (Å²) in [6.07, 6.45) is 13.3. The van der Waals surface area contributed by atoms with Crippen LogP contribution in [0.25, 0.3) is 6.20 Å². The van der Waals surface area contributed by atoms with E-state index >= 15 is 0 Å². The molecule has 16 heavy (non-hydrogen) atoms. The van der Waals surface area contributed by atoms with Gasteiger partial charge in [0.2, 0.25) is 0 Å². The maximum atomic E-state index is 11.9. The van der Waals surface area contributed by atoms with Crippen LogP contribution in [0.1, 0.15) is 32.1 Å². The largest absolute Gasteiger partial charge is 0.294 e. The number of ketones is 1. The van der Waals surface area contributed by atoms with Crippen molar-refractivity contribution in [2.75, 3.05) is 0 Å². The van der Waals surface area contributed by atoms with Crippen LogP contribution in [0, 0.1) is 5.92 Å². The van der Waals surface area contributed by atoms with Crippen LogP contribution in [0.3, 0.4) is 0 Å². The molecule has 2 rings (SSSR count). The SMILES string of the molecule is O=C(/C=C/[n+]1ccccc1)C1CCCCC1. The lowest BCUT2D eigenvalue weighted by Gasteiger charge is -2.18. The van der Waals surface area contributed by atoms with Gasteiger partial charge in [-0.2, -0.15) is 4.57 Å². The molecule has 0 aliphatic heterocycles. The fourth-order valence-corrected chi connectivity index (χ4v) is 2.19. The molecule has 0 bridgehead atoms. The summed E-state index contributed by atoms with van der Waals surface area (Å²) in [6.45, 7) is 0. The first kappa shape index (κ1) is 11.1. The van der Waals surface area contributed by atoms with Crippen molar-refractivity contribution in [3.05, 3.63) is 36.7 Å². The molecule has 0 spiro atoms. The standard InChI is InChI=1S/C14H18NO/c16-14(13-7-3-1-4-8-13)9-12-15-10-5-2-6-11-15/h2,5-6,9-13H,1,3-4,7-8H2/q+1/b12-9+. The second-order valence-corrected chi connectivity index (χ2v) is 4.38. The second-order valence-electron chi connectivity index (χ2n) is 4.38. The van der Waals surface area contributed by atoms with E-state index < -0.39 is 0 Å². The number of nitrogens with zero attached hydrogens (tertiary/aromatic N) is 1. The minimum atomic E-state index is 0.273. The average Bonchev–Trinajstić information content (AvgIpc) is 2.38. The van der Waals surface area contributed by atoms with Crippen LogP contribution >= 0.6 is 0 Å². The molecule has 2 heteroatoms. The van der Waals surface area contributed by atoms with Crippen molar-refractivity contribution in [3.8, 4) is 0 Å². The maximum Gasteiger partial charge on any atom is 0.178 e. The van der Waals surface area contributed by atoms with Crippen molar-refractivity contribution in [2.24, 2.45) is 5.92 Å². The molecule has 1 aromatic heterocycles. The van der Waals surface area contributed by atoms with Gasteiger partial charge in [0.05, 0.1) is 0 Å². The number of carbonyl (C=O) groups excluding carboxylic acids is 1. The number of hydrogen-bond donors (Lipinski definition) is 0. The van der Waals surface area contributed by atoms with Gasteiger partial charge in [0, 0.05) is 24.1 Å². The van der Waals surface area contributed by atoms with Crippen molar-refractivity contribution in [1.29, 1.82) is 0 Å². The Kier molecular flexibility index (Phi) is 3.86. The molecule has 0 atom stereocenters. The van der Waals surface area contributed by atoms with Gasteiger partial charge >= 0.3 is 0 Å². The lowest BCUT2D eigenvalue weighted by Crippen LogP contribution is -2.25. The Morgan fingerprint density at radius 1 is 1.06 bits per heavy atom.